The molecule has 0 aliphatic rings. The van der Waals surface area contributed by atoms with Crippen LogP contribution in [0.15, 0.2) is 58.3 Å². The van der Waals surface area contributed by atoms with Crippen LogP contribution in [0.2, 0.25) is 0 Å². The topological polar surface area (TPSA) is 198 Å². The second-order valence-electron chi connectivity index (χ2n) is 6.51. The lowest BCUT2D eigenvalue weighted by Crippen LogP contribution is -2.08. The van der Waals surface area contributed by atoms with E-state index in [4.69, 9.17) is 20.6 Å². The third-order valence-corrected chi connectivity index (χ3v) is 6.11. The molecule has 0 spiro atoms. The van der Waals surface area contributed by atoms with Crippen LogP contribution >= 0.6 is 0 Å². The fourth-order valence-electron chi connectivity index (χ4n) is 2.62. The van der Waals surface area contributed by atoms with Gasteiger partial charge in [-0.3, -0.25) is 9.11 Å². The summed E-state index contributed by atoms with van der Waals surface area (Å²) in [7, 11) is -8.63. The lowest BCUT2D eigenvalue weighted by Gasteiger charge is -2.17. The molecule has 31 heavy (non-hydrogen) atoms. The summed E-state index contributed by atoms with van der Waals surface area (Å²) in [4.78, 5) is 3.84. The smallest absolute Gasteiger partial charge is 0.294 e. The zero-order valence-corrected chi connectivity index (χ0v) is 17.7. The number of nitrogen functional groups attached to an aromatic ring is 2. The maximum atomic E-state index is 11.2. The number of nitrogens with one attached hydrogen (secondary N) is 2. The van der Waals surface area contributed by atoms with Gasteiger partial charge in [-0.15, -0.1) is 0 Å². The number of rotatable bonds is 6. The summed E-state index contributed by atoms with van der Waals surface area (Å²) in [5.74, 6) is 0.478. The maximum Gasteiger partial charge on any atom is 0.294 e. The Hall–Kier alpha value is -3.39. The van der Waals surface area contributed by atoms with Crippen molar-refractivity contribution >= 4 is 54.6 Å². The number of hydrogen-bond donors (Lipinski definition) is 6. The monoisotopic (exact) mass is 465 g/mol. The molecule has 2 aromatic carbocycles. The van der Waals surface area contributed by atoms with Crippen molar-refractivity contribution in [1.29, 1.82) is 0 Å². The minimum absolute atomic E-state index is 0.239. The normalized spacial score (nSPS) is 11.8. The molecule has 13 heteroatoms. The molecule has 0 bridgehead atoms. The molecule has 0 fully saturated rings. The van der Waals surface area contributed by atoms with Gasteiger partial charge in [0.1, 0.15) is 0 Å². The number of anilines is 6. The molecule has 11 nitrogen and oxygen atoms in total. The summed E-state index contributed by atoms with van der Waals surface area (Å²) >= 11 is 0. The van der Waals surface area contributed by atoms with E-state index in [1.54, 1.807) is 6.92 Å². The second-order valence-corrected chi connectivity index (χ2v) is 9.35. The van der Waals surface area contributed by atoms with E-state index in [9.17, 15) is 16.8 Å². The lowest BCUT2D eigenvalue weighted by molar-refractivity contribution is 0.481. The first-order valence-electron chi connectivity index (χ1n) is 8.61. The number of hydrogen-bond acceptors (Lipinski definition) is 9. The molecule has 0 aliphatic heterocycles. The van der Waals surface area contributed by atoms with Gasteiger partial charge in [0.2, 0.25) is 0 Å². The van der Waals surface area contributed by atoms with Crippen LogP contribution in [0.5, 0.6) is 0 Å². The maximum absolute atomic E-state index is 11.2. The first-order chi connectivity index (χ1) is 14.4. The van der Waals surface area contributed by atoms with Gasteiger partial charge in [-0.2, -0.15) is 16.8 Å². The average molecular weight is 466 g/mol. The van der Waals surface area contributed by atoms with Crippen molar-refractivity contribution in [3.05, 3.63) is 54.1 Å². The Morgan fingerprint density at radius 2 is 1.03 bits per heavy atom. The second kappa shape index (κ2) is 8.03. The van der Waals surface area contributed by atoms with Crippen LogP contribution in [0, 0.1) is 6.92 Å². The summed E-state index contributed by atoms with van der Waals surface area (Å²) in [5, 5.41) is 5.91. The zero-order valence-electron chi connectivity index (χ0n) is 16.1. The molecule has 0 amide bonds. The van der Waals surface area contributed by atoms with Gasteiger partial charge >= 0.3 is 0 Å². The van der Waals surface area contributed by atoms with E-state index < -0.39 is 20.2 Å². The third kappa shape index (κ3) is 5.03. The van der Waals surface area contributed by atoms with Crippen LogP contribution < -0.4 is 22.1 Å². The summed E-state index contributed by atoms with van der Waals surface area (Å²) in [6, 6.07) is 10.6. The Bertz CT molecular complexity index is 1240. The average Bonchev–Trinajstić information content (AvgIpc) is 2.69. The van der Waals surface area contributed by atoms with Crippen LogP contribution in [-0.4, -0.2) is 30.9 Å². The highest BCUT2D eigenvalue weighted by molar-refractivity contribution is 7.86. The van der Waals surface area contributed by atoms with Gasteiger partial charge < -0.3 is 22.1 Å². The molecule has 8 N–H and O–H groups in total. The highest BCUT2D eigenvalue weighted by Crippen LogP contribution is 2.34. The van der Waals surface area contributed by atoms with E-state index in [0.717, 1.165) is 0 Å². The van der Waals surface area contributed by atoms with Gasteiger partial charge in [0.25, 0.3) is 20.2 Å². The van der Waals surface area contributed by atoms with Crippen LogP contribution in [0.1, 0.15) is 5.56 Å². The van der Waals surface area contributed by atoms with Gasteiger partial charge in [-0.25, -0.2) is 4.98 Å². The number of nitrogens with zero attached hydrogens (tertiary/aromatic N) is 1. The minimum Gasteiger partial charge on any atom is -0.395 e. The molecule has 1 aromatic heterocycles. The molecule has 0 atom stereocenters. The quantitative estimate of drug-likeness (QED) is 0.292. The molecular weight excluding hydrogens is 446 g/mol. The van der Waals surface area contributed by atoms with Gasteiger partial charge in [0, 0.05) is 16.9 Å². The summed E-state index contributed by atoms with van der Waals surface area (Å²) in [6.07, 6.45) is 0. The van der Waals surface area contributed by atoms with E-state index in [0.29, 0.717) is 16.9 Å². The Morgan fingerprint density at radius 1 is 0.710 bits per heavy atom. The van der Waals surface area contributed by atoms with Crippen molar-refractivity contribution in [1.82, 2.24) is 4.98 Å². The predicted molar refractivity (Wildman–Crippen MR) is 117 cm³/mol. The van der Waals surface area contributed by atoms with E-state index in [1.807, 2.05) is 0 Å². The van der Waals surface area contributed by atoms with Crippen LogP contribution in [0.25, 0.3) is 0 Å². The standard InChI is InChI=1S/C18H19N5O6S2/c1-10-15(19)17(21-11-2-6-13(7-3-11)30(24,25)26)23-18(16(10)20)22-12-4-8-14(9-5-12)31(27,28)29/h2-9H,19-20H2,1H3,(H2,21,22,23)(H,24,25,26)(H,27,28,29). The highest BCUT2D eigenvalue weighted by atomic mass is 32.2. The highest BCUT2D eigenvalue weighted by Gasteiger charge is 2.15. The Balaban J connectivity index is 1.91. The fourth-order valence-corrected chi connectivity index (χ4v) is 3.58. The first-order valence-corrected chi connectivity index (χ1v) is 11.5. The Labute approximate surface area is 178 Å². The Kier molecular flexibility index (Phi) is 5.78. The van der Waals surface area contributed by atoms with E-state index in [-0.39, 0.29) is 32.8 Å². The van der Waals surface area contributed by atoms with Crippen molar-refractivity contribution in [2.24, 2.45) is 0 Å². The van der Waals surface area contributed by atoms with Crippen molar-refractivity contribution in [2.75, 3.05) is 22.1 Å². The van der Waals surface area contributed by atoms with Gasteiger partial charge in [-0.1, -0.05) is 0 Å². The fraction of sp³-hybridized carbons (Fsp3) is 0.0556. The minimum atomic E-state index is -4.31. The molecule has 3 aromatic rings. The molecule has 0 unspecified atom stereocenters. The summed E-state index contributed by atoms with van der Waals surface area (Å²) in [5.41, 5.74) is 14.2. The molecule has 1 heterocycles. The molecule has 0 saturated carbocycles. The van der Waals surface area contributed by atoms with E-state index >= 15 is 0 Å². The van der Waals surface area contributed by atoms with Gasteiger partial charge in [-0.05, 0) is 55.5 Å². The third-order valence-electron chi connectivity index (χ3n) is 4.37. The van der Waals surface area contributed by atoms with Gasteiger partial charge in [0.05, 0.1) is 21.2 Å². The predicted octanol–water partition coefficient (Wildman–Crippen LogP) is 2.54. The number of benzene rings is 2. The van der Waals surface area contributed by atoms with Crippen LogP contribution in [-0.2, 0) is 20.2 Å². The van der Waals surface area contributed by atoms with Crippen molar-refractivity contribution in [3.8, 4) is 0 Å². The Morgan fingerprint density at radius 3 is 1.32 bits per heavy atom. The molecule has 0 radical (unpaired) electrons. The molecule has 3 rings (SSSR count). The summed E-state index contributed by atoms with van der Waals surface area (Å²) in [6.45, 7) is 1.69. The van der Waals surface area contributed by atoms with E-state index in [1.165, 1.54) is 48.5 Å². The van der Waals surface area contributed by atoms with Crippen molar-refractivity contribution in [2.45, 2.75) is 16.7 Å². The van der Waals surface area contributed by atoms with Crippen LogP contribution in [0.3, 0.4) is 0 Å². The number of pyridine rings is 1. The largest absolute Gasteiger partial charge is 0.395 e. The number of aromatic nitrogens is 1. The van der Waals surface area contributed by atoms with E-state index in [2.05, 4.69) is 15.6 Å². The molecule has 0 saturated heterocycles. The molecule has 0 aliphatic carbocycles. The van der Waals surface area contributed by atoms with Gasteiger partial charge in [0.15, 0.2) is 11.6 Å². The van der Waals surface area contributed by atoms with Crippen LogP contribution in [0.4, 0.5) is 34.4 Å². The SMILES string of the molecule is Cc1c(N)c(Nc2ccc(S(=O)(=O)O)cc2)nc(Nc2ccc(S(=O)(=O)O)cc2)c1N. The summed E-state index contributed by atoms with van der Waals surface area (Å²) < 4.78 is 62.8. The van der Waals surface area contributed by atoms with Crippen molar-refractivity contribution < 1.29 is 25.9 Å². The number of nitrogens with two attached hydrogens (primary N) is 2. The lowest BCUT2D eigenvalue weighted by atomic mass is 10.2. The van der Waals surface area contributed by atoms with Crippen molar-refractivity contribution in [3.63, 3.8) is 0 Å². The molecular formula is C18H19N5O6S2. The molecule has 164 valence electrons. The zero-order chi connectivity index (χ0) is 23.0. The first kappa shape index (κ1) is 22.3.